The van der Waals surface area contributed by atoms with Gasteiger partial charge in [0.2, 0.25) is 0 Å². The molecule has 1 aliphatic rings. The molecule has 6 heteroatoms. The van der Waals surface area contributed by atoms with E-state index in [2.05, 4.69) is 30.9 Å². The number of aryl methyl sites for hydroxylation is 1. The average molecular weight is 428 g/mol. The van der Waals surface area contributed by atoms with E-state index in [1.807, 2.05) is 13.0 Å². The first-order valence-electron chi connectivity index (χ1n) is 9.98. The van der Waals surface area contributed by atoms with Crippen molar-refractivity contribution >= 4 is 18.2 Å². The molecule has 1 aromatic heterocycles. The minimum atomic E-state index is -0.230. The van der Waals surface area contributed by atoms with E-state index in [0.29, 0.717) is 6.42 Å². The van der Waals surface area contributed by atoms with Crippen molar-refractivity contribution in [2.45, 2.75) is 39.7 Å². The molecule has 4 nitrogen and oxygen atoms in total. The molecule has 4 rings (SSSR count). The minimum absolute atomic E-state index is 0. The Bertz CT molecular complexity index is 1040. The lowest BCUT2D eigenvalue weighted by Crippen LogP contribution is -2.35. The molecule has 0 amide bonds. The Morgan fingerprint density at radius 3 is 2.53 bits per heavy atom. The van der Waals surface area contributed by atoms with Gasteiger partial charge in [-0.25, -0.2) is 14.4 Å². The summed E-state index contributed by atoms with van der Waals surface area (Å²) in [5.41, 5.74) is 5.74. The molecule has 0 N–H and O–H groups in total. The van der Waals surface area contributed by atoms with Crippen molar-refractivity contribution in [2.24, 2.45) is 0 Å². The standard InChI is InChI=1S/C24H26FN3O.ClH/c1-15-16(2)26-23(13-18-5-8-20(25)9-6-18)27-24(15)28-12-11-19-7-10-21(29-4)14-22(19)17(28)3;/h5-10,14,17H,11-13H2,1-4H3;1H. The summed E-state index contributed by atoms with van der Waals surface area (Å²) in [7, 11) is 1.70. The molecule has 0 aliphatic carbocycles. The van der Waals surface area contributed by atoms with E-state index in [1.54, 1.807) is 19.2 Å². The summed E-state index contributed by atoms with van der Waals surface area (Å²) >= 11 is 0. The lowest BCUT2D eigenvalue weighted by molar-refractivity contribution is 0.413. The number of methoxy groups -OCH3 is 1. The predicted octanol–water partition coefficient (Wildman–Crippen LogP) is 5.38. The summed E-state index contributed by atoms with van der Waals surface area (Å²) < 4.78 is 18.7. The van der Waals surface area contributed by atoms with Gasteiger partial charge in [-0.3, -0.25) is 0 Å². The van der Waals surface area contributed by atoms with Crippen LogP contribution in [0.3, 0.4) is 0 Å². The van der Waals surface area contributed by atoms with Crippen LogP contribution >= 0.6 is 12.4 Å². The fraction of sp³-hybridized carbons (Fsp3) is 0.333. The first-order valence-corrected chi connectivity index (χ1v) is 9.98. The van der Waals surface area contributed by atoms with Crippen LogP contribution in [0.15, 0.2) is 42.5 Å². The highest BCUT2D eigenvalue weighted by atomic mass is 35.5. The third-order valence-electron chi connectivity index (χ3n) is 5.85. The van der Waals surface area contributed by atoms with Crippen LogP contribution in [0.5, 0.6) is 5.75 Å². The number of benzene rings is 2. The summed E-state index contributed by atoms with van der Waals surface area (Å²) in [5.74, 6) is 2.39. The second kappa shape index (κ2) is 9.00. The molecule has 158 valence electrons. The number of hydrogen-bond acceptors (Lipinski definition) is 4. The van der Waals surface area contributed by atoms with E-state index >= 15 is 0 Å². The number of rotatable bonds is 4. The lowest BCUT2D eigenvalue weighted by Gasteiger charge is -2.37. The SMILES string of the molecule is COc1ccc2c(c1)C(C)N(c1nc(Cc3ccc(F)cc3)nc(C)c1C)CC2.Cl. The van der Waals surface area contributed by atoms with Gasteiger partial charge in [-0.05, 0) is 68.1 Å². The van der Waals surface area contributed by atoms with Gasteiger partial charge in [0, 0.05) is 24.2 Å². The van der Waals surface area contributed by atoms with E-state index < -0.39 is 0 Å². The van der Waals surface area contributed by atoms with Crippen LogP contribution in [0.4, 0.5) is 10.2 Å². The molecule has 0 saturated heterocycles. The summed E-state index contributed by atoms with van der Waals surface area (Å²) in [6, 6.07) is 13.1. The Labute approximate surface area is 183 Å². The highest BCUT2D eigenvalue weighted by Gasteiger charge is 2.27. The fourth-order valence-corrected chi connectivity index (χ4v) is 4.02. The van der Waals surface area contributed by atoms with Crippen LogP contribution in [0, 0.1) is 19.7 Å². The van der Waals surface area contributed by atoms with Crippen LogP contribution < -0.4 is 9.64 Å². The molecular formula is C24H27ClFN3O. The predicted molar refractivity (Wildman–Crippen MR) is 120 cm³/mol. The maximum Gasteiger partial charge on any atom is 0.136 e. The Kier molecular flexibility index (Phi) is 6.61. The van der Waals surface area contributed by atoms with Crippen LogP contribution in [0.25, 0.3) is 0 Å². The maximum absolute atomic E-state index is 13.2. The summed E-state index contributed by atoms with van der Waals surface area (Å²) in [4.78, 5) is 12.0. The zero-order valence-electron chi connectivity index (χ0n) is 17.8. The number of aromatic nitrogens is 2. The van der Waals surface area contributed by atoms with Crippen molar-refractivity contribution < 1.29 is 9.13 Å². The fourth-order valence-electron chi connectivity index (χ4n) is 4.02. The van der Waals surface area contributed by atoms with Gasteiger partial charge < -0.3 is 9.64 Å². The molecule has 3 aromatic rings. The summed E-state index contributed by atoms with van der Waals surface area (Å²) in [6.07, 6.45) is 1.56. The normalized spacial score (nSPS) is 15.4. The van der Waals surface area contributed by atoms with E-state index in [4.69, 9.17) is 14.7 Å². The molecule has 0 saturated carbocycles. The number of nitrogens with zero attached hydrogens (tertiary/aromatic N) is 3. The zero-order chi connectivity index (χ0) is 20.5. The second-order valence-electron chi connectivity index (χ2n) is 7.66. The zero-order valence-corrected chi connectivity index (χ0v) is 18.6. The van der Waals surface area contributed by atoms with Gasteiger partial charge >= 0.3 is 0 Å². The van der Waals surface area contributed by atoms with E-state index in [0.717, 1.165) is 47.2 Å². The molecule has 2 heterocycles. The molecule has 30 heavy (non-hydrogen) atoms. The van der Waals surface area contributed by atoms with Gasteiger partial charge in [-0.2, -0.15) is 0 Å². The molecule has 0 fully saturated rings. The van der Waals surface area contributed by atoms with Gasteiger partial charge in [0.05, 0.1) is 13.2 Å². The molecule has 1 unspecified atom stereocenters. The Balaban J connectivity index is 0.00000256. The number of fused-ring (bicyclic) bond motifs is 1. The molecule has 0 bridgehead atoms. The largest absolute Gasteiger partial charge is 0.497 e. The lowest BCUT2D eigenvalue weighted by atomic mass is 9.93. The Morgan fingerprint density at radius 2 is 1.83 bits per heavy atom. The van der Waals surface area contributed by atoms with Crippen LogP contribution in [0.2, 0.25) is 0 Å². The number of halogens is 2. The van der Waals surface area contributed by atoms with Gasteiger partial charge in [-0.1, -0.05) is 18.2 Å². The van der Waals surface area contributed by atoms with Crippen molar-refractivity contribution in [2.75, 3.05) is 18.6 Å². The van der Waals surface area contributed by atoms with Gasteiger partial charge in [0.25, 0.3) is 0 Å². The van der Waals surface area contributed by atoms with Crippen LogP contribution in [0.1, 0.15) is 46.7 Å². The first-order chi connectivity index (χ1) is 14.0. The third kappa shape index (κ3) is 4.26. The number of hydrogen-bond donors (Lipinski definition) is 0. The van der Waals surface area contributed by atoms with Crippen molar-refractivity contribution in [3.05, 3.63) is 82.1 Å². The molecule has 0 radical (unpaired) electrons. The van der Waals surface area contributed by atoms with Gasteiger partial charge in [0.15, 0.2) is 0 Å². The molecule has 2 aromatic carbocycles. The third-order valence-corrected chi connectivity index (χ3v) is 5.85. The molecule has 1 aliphatic heterocycles. The van der Waals surface area contributed by atoms with Gasteiger partial charge in [-0.15, -0.1) is 12.4 Å². The average Bonchev–Trinajstić information content (AvgIpc) is 2.72. The van der Waals surface area contributed by atoms with Crippen molar-refractivity contribution in [1.29, 1.82) is 0 Å². The van der Waals surface area contributed by atoms with Crippen molar-refractivity contribution in [3.63, 3.8) is 0 Å². The Morgan fingerprint density at radius 1 is 1.10 bits per heavy atom. The summed E-state index contributed by atoms with van der Waals surface area (Å²) in [5, 5.41) is 0. The van der Waals surface area contributed by atoms with Crippen molar-refractivity contribution in [1.82, 2.24) is 9.97 Å². The topological polar surface area (TPSA) is 38.2 Å². The van der Waals surface area contributed by atoms with Crippen molar-refractivity contribution in [3.8, 4) is 5.75 Å². The summed E-state index contributed by atoms with van der Waals surface area (Å²) in [6.45, 7) is 7.24. The molecule has 1 atom stereocenters. The monoisotopic (exact) mass is 427 g/mol. The van der Waals surface area contributed by atoms with Gasteiger partial charge in [0.1, 0.15) is 23.2 Å². The maximum atomic E-state index is 13.2. The highest BCUT2D eigenvalue weighted by molar-refractivity contribution is 5.85. The number of ether oxygens (including phenoxy) is 1. The second-order valence-corrected chi connectivity index (χ2v) is 7.66. The van der Waals surface area contributed by atoms with Crippen LogP contribution in [-0.2, 0) is 12.8 Å². The Hall–Kier alpha value is -2.66. The minimum Gasteiger partial charge on any atom is -0.497 e. The van der Waals surface area contributed by atoms with E-state index in [1.165, 1.54) is 23.3 Å². The quantitative estimate of drug-likeness (QED) is 0.560. The molecule has 0 spiro atoms. The first kappa shape index (κ1) is 22.0. The smallest absolute Gasteiger partial charge is 0.136 e. The number of anilines is 1. The highest BCUT2D eigenvalue weighted by Crippen LogP contribution is 2.36. The molecular weight excluding hydrogens is 401 g/mol. The van der Waals surface area contributed by atoms with Crippen LogP contribution in [-0.4, -0.2) is 23.6 Å². The van der Waals surface area contributed by atoms with E-state index in [9.17, 15) is 4.39 Å². The van der Waals surface area contributed by atoms with E-state index in [-0.39, 0.29) is 24.3 Å².